The van der Waals surface area contributed by atoms with E-state index in [2.05, 4.69) is 18.7 Å². The number of aliphatic hydroxyl groups excluding tert-OH is 1. The van der Waals surface area contributed by atoms with Crippen LogP contribution in [0, 0.1) is 5.92 Å². The molecule has 2 saturated carbocycles. The van der Waals surface area contributed by atoms with E-state index in [0.29, 0.717) is 12.1 Å². The first-order chi connectivity index (χ1) is 6.68. The van der Waals surface area contributed by atoms with Crippen molar-refractivity contribution in [1.82, 2.24) is 4.90 Å². The first kappa shape index (κ1) is 10.4. The molecule has 0 saturated heterocycles. The number of nitrogens with zero attached hydrogens (tertiary/aromatic N) is 1. The fraction of sp³-hybridized carbons (Fsp3) is 1.00. The molecular formula is C12H23NO. The molecule has 82 valence electrons. The molecule has 0 heterocycles. The molecule has 0 bridgehead atoms. The third kappa shape index (κ3) is 2.29. The molecule has 2 rings (SSSR count). The van der Waals surface area contributed by atoms with Gasteiger partial charge in [0.1, 0.15) is 0 Å². The smallest absolute Gasteiger partial charge is 0.0695 e. The Hall–Kier alpha value is -0.0800. The van der Waals surface area contributed by atoms with Gasteiger partial charge < -0.3 is 5.11 Å². The van der Waals surface area contributed by atoms with Gasteiger partial charge >= 0.3 is 0 Å². The molecule has 0 amide bonds. The van der Waals surface area contributed by atoms with E-state index >= 15 is 0 Å². The molecule has 0 aromatic heterocycles. The molecular weight excluding hydrogens is 174 g/mol. The third-order valence-electron chi connectivity index (χ3n) is 3.70. The van der Waals surface area contributed by atoms with E-state index in [4.69, 9.17) is 0 Å². The Kier molecular flexibility index (Phi) is 3.13. The van der Waals surface area contributed by atoms with Crippen molar-refractivity contribution in [3.8, 4) is 0 Å². The second-order valence-electron chi connectivity index (χ2n) is 5.30. The summed E-state index contributed by atoms with van der Waals surface area (Å²) in [5.74, 6) is 0.935. The Morgan fingerprint density at radius 2 is 1.93 bits per heavy atom. The lowest BCUT2D eigenvalue weighted by molar-refractivity contribution is 0.0487. The van der Waals surface area contributed by atoms with Crippen LogP contribution in [0.3, 0.4) is 0 Å². The minimum absolute atomic E-state index is 0.0591. The minimum Gasteiger partial charge on any atom is -0.391 e. The first-order valence-electron chi connectivity index (χ1n) is 6.12. The van der Waals surface area contributed by atoms with E-state index in [1.54, 1.807) is 0 Å². The highest BCUT2D eigenvalue weighted by atomic mass is 16.3. The second-order valence-corrected chi connectivity index (χ2v) is 5.30. The molecule has 2 aliphatic rings. The van der Waals surface area contributed by atoms with Crippen LogP contribution in [0.25, 0.3) is 0 Å². The van der Waals surface area contributed by atoms with Crippen molar-refractivity contribution >= 4 is 0 Å². The van der Waals surface area contributed by atoms with E-state index in [-0.39, 0.29) is 6.10 Å². The molecule has 0 spiro atoms. The van der Waals surface area contributed by atoms with Crippen molar-refractivity contribution in [2.45, 2.75) is 64.1 Å². The lowest BCUT2D eigenvalue weighted by Crippen LogP contribution is -2.45. The Morgan fingerprint density at radius 3 is 2.36 bits per heavy atom. The van der Waals surface area contributed by atoms with E-state index in [1.807, 2.05) is 0 Å². The number of hydrogen-bond donors (Lipinski definition) is 1. The Labute approximate surface area is 87.3 Å². The van der Waals surface area contributed by atoms with Crippen LogP contribution < -0.4 is 0 Å². The summed E-state index contributed by atoms with van der Waals surface area (Å²) in [5.41, 5.74) is 0. The van der Waals surface area contributed by atoms with Crippen LogP contribution in [0.2, 0.25) is 0 Å². The highest BCUT2D eigenvalue weighted by Crippen LogP contribution is 2.33. The van der Waals surface area contributed by atoms with Crippen molar-refractivity contribution in [3.05, 3.63) is 0 Å². The molecule has 2 aliphatic carbocycles. The monoisotopic (exact) mass is 197 g/mol. The van der Waals surface area contributed by atoms with Gasteiger partial charge in [0.25, 0.3) is 0 Å². The molecule has 2 fully saturated rings. The summed E-state index contributed by atoms with van der Waals surface area (Å²) < 4.78 is 0. The number of hydrogen-bond acceptors (Lipinski definition) is 2. The lowest BCUT2D eigenvalue weighted by Gasteiger charge is -2.34. The molecule has 0 radical (unpaired) electrons. The predicted octanol–water partition coefficient (Wildman–Crippen LogP) is 2.02. The van der Waals surface area contributed by atoms with Crippen LogP contribution in [0.4, 0.5) is 0 Å². The van der Waals surface area contributed by atoms with Crippen molar-refractivity contribution in [3.63, 3.8) is 0 Å². The van der Waals surface area contributed by atoms with Crippen molar-refractivity contribution < 1.29 is 5.11 Å². The molecule has 2 nitrogen and oxygen atoms in total. The van der Waals surface area contributed by atoms with E-state index in [9.17, 15) is 5.11 Å². The summed E-state index contributed by atoms with van der Waals surface area (Å²) in [4.78, 5) is 2.54. The van der Waals surface area contributed by atoms with Crippen LogP contribution in [0.1, 0.15) is 46.0 Å². The lowest BCUT2D eigenvalue weighted by atomic mass is 10.1. The van der Waals surface area contributed by atoms with Crippen molar-refractivity contribution in [2.75, 3.05) is 6.54 Å². The van der Waals surface area contributed by atoms with Crippen LogP contribution in [0.5, 0.6) is 0 Å². The van der Waals surface area contributed by atoms with Gasteiger partial charge in [-0.05, 0) is 51.9 Å². The molecule has 0 aliphatic heterocycles. The zero-order valence-electron chi connectivity index (χ0n) is 9.45. The normalized spacial score (nSPS) is 33.2. The second kappa shape index (κ2) is 4.19. The minimum atomic E-state index is -0.0591. The van der Waals surface area contributed by atoms with Gasteiger partial charge in [-0.25, -0.2) is 0 Å². The molecule has 0 aromatic carbocycles. The number of rotatable bonds is 4. The van der Waals surface area contributed by atoms with Gasteiger partial charge in [0.05, 0.1) is 6.10 Å². The highest BCUT2D eigenvalue weighted by molar-refractivity contribution is 4.89. The third-order valence-corrected chi connectivity index (χ3v) is 3.70. The SMILES string of the molecule is CC(C)N(CC1CC1)C1CCCC1O. The van der Waals surface area contributed by atoms with E-state index < -0.39 is 0 Å². The Bertz CT molecular complexity index is 189. The average molecular weight is 197 g/mol. The first-order valence-corrected chi connectivity index (χ1v) is 6.12. The number of aliphatic hydroxyl groups is 1. The topological polar surface area (TPSA) is 23.5 Å². The molecule has 2 unspecified atom stereocenters. The van der Waals surface area contributed by atoms with Gasteiger partial charge in [0, 0.05) is 18.6 Å². The quantitative estimate of drug-likeness (QED) is 0.745. The fourth-order valence-corrected chi connectivity index (χ4v) is 2.64. The largest absolute Gasteiger partial charge is 0.391 e. The van der Waals surface area contributed by atoms with Gasteiger partial charge in [-0.1, -0.05) is 0 Å². The molecule has 14 heavy (non-hydrogen) atoms. The molecule has 0 aromatic rings. The summed E-state index contributed by atoms with van der Waals surface area (Å²) in [6, 6.07) is 1.05. The predicted molar refractivity (Wildman–Crippen MR) is 58.2 cm³/mol. The maximum Gasteiger partial charge on any atom is 0.0695 e. The Morgan fingerprint density at radius 1 is 1.21 bits per heavy atom. The summed E-state index contributed by atoms with van der Waals surface area (Å²) in [7, 11) is 0. The average Bonchev–Trinajstić information content (AvgIpc) is 2.85. The van der Waals surface area contributed by atoms with Gasteiger partial charge in [-0.15, -0.1) is 0 Å². The van der Waals surface area contributed by atoms with Gasteiger partial charge in [-0.2, -0.15) is 0 Å². The van der Waals surface area contributed by atoms with Crippen molar-refractivity contribution in [2.24, 2.45) is 5.92 Å². The summed E-state index contributed by atoms with van der Waals surface area (Å²) in [6.07, 6.45) is 6.18. The van der Waals surface area contributed by atoms with Crippen LogP contribution in [-0.4, -0.2) is 34.7 Å². The van der Waals surface area contributed by atoms with Crippen LogP contribution in [0.15, 0.2) is 0 Å². The zero-order chi connectivity index (χ0) is 10.1. The maximum atomic E-state index is 9.90. The van der Waals surface area contributed by atoms with Crippen LogP contribution >= 0.6 is 0 Å². The summed E-state index contributed by atoms with van der Waals surface area (Å²) in [6.45, 7) is 5.74. The molecule has 1 N–H and O–H groups in total. The van der Waals surface area contributed by atoms with E-state index in [1.165, 1.54) is 32.2 Å². The van der Waals surface area contributed by atoms with Crippen molar-refractivity contribution in [1.29, 1.82) is 0 Å². The molecule has 2 heteroatoms. The maximum absolute atomic E-state index is 9.90. The highest BCUT2D eigenvalue weighted by Gasteiger charge is 2.35. The zero-order valence-corrected chi connectivity index (χ0v) is 9.45. The summed E-state index contributed by atoms with van der Waals surface area (Å²) >= 11 is 0. The van der Waals surface area contributed by atoms with Gasteiger partial charge in [-0.3, -0.25) is 4.90 Å². The molecule has 2 atom stereocenters. The van der Waals surface area contributed by atoms with Gasteiger partial charge in [0.15, 0.2) is 0 Å². The standard InChI is InChI=1S/C12H23NO/c1-9(2)13(8-10-6-7-10)11-4-3-5-12(11)14/h9-12,14H,3-8H2,1-2H3. The van der Waals surface area contributed by atoms with E-state index in [0.717, 1.165) is 12.3 Å². The van der Waals surface area contributed by atoms with Crippen LogP contribution in [-0.2, 0) is 0 Å². The van der Waals surface area contributed by atoms with Gasteiger partial charge in [0.2, 0.25) is 0 Å². The Balaban J connectivity index is 1.93. The fourth-order valence-electron chi connectivity index (χ4n) is 2.64. The summed E-state index contributed by atoms with van der Waals surface area (Å²) in [5, 5.41) is 9.90.